The number of H-pyrrole nitrogens is 1. The van der Waals surface area contributed by atoms with Gasteiger partial charge in [-0.05, 0) is 29.8 Å². The first-order valence-corrected chi connectivity index (χ1v) is 5.02. The molecule has 0 radical (unpaired) electrons. The third-order valence-electron chi connectivity index (χ3n) is 2.29. The van der Waals surface area contributed by atoms with E-state index in [-0.39, 0.29) is 0 Å². The second-order valence-electron chi connectivity index (χ2n) is 3.55. The summed E-state index contributed by atoms with van der Waals surface area (Å²) in [7, 11) is 0. The van der Waals surface area contributed by atoms with Gasteiger partial charge >= 0.3 is 0 Å². The standard InChI is InChI=1S/C12H12F2N2/c13-11-4-3-9(6-12(11)14)7-15-8-10-2-1-5-16-10/h1-6,15-16H,7-8H2. The van der Waals surface area contributed by atoms with Crippen LogP contribution in [0.1, 0.15) is 11.3 Å². The van der Waals surface area contributed by atoms with E-state index < -0.39 is 11.6 Å². The molecule has 2 nitrogen and oxygen atoms in total. The topological polar surface area (TPSA) is 27.8 Å². The second-order valence-corrected chi connectivity index (χ2v) is 3.55. The summed E-state index contributed by atoms with van der Waals surface area (Å²) in [6.07, 6.45) is 1.84. The summed E-state index contributed by atoms with van der Waals surface area (Å²) < 4.78 is 25.5. The maximum Gasteiger partial charge on any atom is 0.159 e. The number of aromatic amines is 1. The minimum absolute atomic E-state index is 0.510. The molecule has 1 aromatic carbocycles. The summed E-state index contributed by atoms with van der Waals surface area (Å²) in [6.45, 7) is 1.18. The van der Waals surface area contributed by atoms with Crippen molar-refractivity contribution < 1.29 is 8.78 Å². The highest BCUT2D eigenvalue weighted by Crippen LogP contribution is 2.08. The lowest BCUT2D eigenvalue weighted by atomic mass is 10.2. The van der Waals surface area contributed by atoms with E-state index in [1.165, 1.54) is 6.07 Å². The van der Waals surface area contributed by atoms with E-state index in [0.29, 0.717) is 13.1 Å². The Kier molecular flexibility index (Phi) is 3.31. The molecule has 0 fully saturated rings. The van der Waals surface area contributed by atoms with Gasteiger partial charge in [0.1, 0.15) is 0 Å². The van der Waals surface area contributed by atoms with Crippen LogP contribution in [0.5, 0.6) is 0 Å². The Hall–Kier alpha value is -1.68. The Bertz CT molecular complexity index is 452. The van der Waals surface area contributed by atoms with Crippen molar-refractivity contribution in [1.29, 1.82) is 0 Å². The summed E-state index contributed by atoms with van der Waals surface area (Å²) in [5.74, 6) is -1.62. The lowest BCUT2D eigenvalue weighted by Crippen LogP contribution is -2.13. The molecule has 0 bridgehead atoms. The first kappa shape index (κ1) is 10.8. The van der Waals surface area contributed by atoms with Crippen LogP contribution in [0.25, 0.3) is 0 Å². The Labute approximate surface area is 92.3 Å². The molecule has 0 spiro atoms. The largest absolute Gasteiger partial charge is 0.364 e. The lowest BCUT2D eigenvalue weighted by Gasteiger charge is -2.04. The quantitative estimate of drug-likeness (QED) is 0.817. The molecule has 84 valence electrons. The molecule has 2 rings (SSSR count). The van der Waals surface area contributed by atoms with Gasteiger partial charge in [-0.15, -0.1) is 0 Å². The van der Waals surface area contributed by atoms with Gasteiger partial charge < -0.3 is 10.3 Å². The minimum atomic E-state index is -0.812. The maximum atomic E-state index is 12.9. The van der Waals surface area contributed by atoms with Gasteiger partial charge in [0.15, 0.2) is 11.6 Å². The fraction of sp³-hybridized carbons (Fsp3) is 0.167. The Balaban J connectivity index is 1.87. The van der Waals surface area contributed by atoms with Crippen molar-refractivity contribution in [2.45, 2.75) is 13.1 Å². The van der Waals surface area contributed by atoms with E-state index >= 15 is 0 Å². The average Bonchev–Trinajstić information content (AvgIpc) is 2.76. The minimum Gasteiger partial charge on any atom is -0.364 e. The Morgan fingerprint density at radius 3 is 2.62 bits per heavy atom. The van der Waals surface area contributed by atoms with Crippen molar-refractivity contribution in [2.75, 3.05) is 0 Å². The van der Waals surface area contributed by atoms with Crippen molar-refractivity contribution >= 4 is 0 Å². The zero-order valence-electron chi connectivity index (χ0n) is 8.63. The van der Waals surface area contributed by atoms with Gasteiger partial charge in [0.25, 0.3) is 0 Å². The SMILES string of the molecule is Fc1ccc(CNCc2ccc[nH]2)cc1F. The molecule has 1 aromatic heterocycles. The van der Waals surface area contributed by atoms with Crippen molar-refractivity contribution in [3.8, 4) is 0 Å². The Morgan fingerprint density at radius 1 is 1.06 bits per heavy atom. The summed E-state index contributed by atoms with van der Waals surface area (Å²) >= 11 is 0. The molecule has 4 heteroatoms. The molecular formula is C12H12F2N2. The Morgan fingerprint density at radius 2 is 1.94 bits per heavy atom. The van der Waals surface area contributed by atoms with E-state index in [1.54, 1.807) is 6.07 Å². The van der Waals surface area contributed by atoms with Crippen LogP contribution in [-0.4, -0.2) is 4.98 Å². The van der Waals surface area contributed by atoms with E-state index in [1.807, 2.05) is 18.3 Å². The third-order valence-corrected chi connectivity index (χ3v) is 2.29. The summed E-state index contributed by atoms with van der Waals surface area (Å²) in [5.41, 5.74) is 1.79. The van der Waals surface area contributed by atoms with Gasteiger partial charge in [-0.3, -0.25) is 0 Å². The van der Waals surface area contributed by atoms with E-state index in [9.17, 15) is 8.78 Å². The van der Waals surface area contributed by atoms with E-state index in [2.05, 4.69) is 10.3 Å². The van der Waals surface area contributed by atoms with E-state index in [4.69, 9.17) is 0 Å². The fourth-order valence-corrected chi connectivity index (χ4v) is 1.47. The highest BCUT2D eigenvalue weighted by molar-refractivity contribution is 5.17. The molecule has 0 aliphatic heterocycles. The number of rotatable bonds is 4. The van der Waals surface area contributed by atoms with Crippen LogP contribution in [0.15, 0.2) is 36.5 Å². The summed E-state index contributed by atoms with van der Waals surface area (Å²) in [5, 5.41) is 3.13. The van der Waals surface area contributed by atoms with Crippen molar-refractivity contribution in [3.05, 3.63) is 59.4 Å². The molecular weight excluding hydrogens is 210 g/mol. The molecule has 0 unspecified atom stereocenters. The predicted octanol–water partition coefficient (Wildman–Crippen LogP) is 2.58. The van der Waals surface area contributed by atoms with Gasteiger partial charge in [-0.2, -0.15) is 0 Å². The highest BCUT2D eigenvalue weighted by Gasteiger charge is 2.02. The molecule has 0 aliphatic carbocycles. The van der Waals surface area contributed by atoms with Gasteiger partial charge in [0.05, 0.1) is 0 Å². The second kappa shape index (κ2) is 4.90. The van der Waals surface area contributed by atoms with Gasteiger partial charge in [0.2, 0.25) is 0 Å². The van der Waals surface area contributed by atoms with Crippen LogP contribution >= 0.6 is 0 Å². The molecule has 0 atom stereocenters. The lowest BCUT2D eigenvalue weighted by molar-refractivity contribution is 0.506. The number of hydrogen-bond donors (Lipinski definition) is 2. The summed E-state index contributed by atoms with van der Waals surface area (Å²) in [4.78, 5) is 3.05. The van der Waals surface area contributed by atoms with Crippen molar-refractivity contribution in [3.63, 3.8) is 0 Å². The molecule has 1 heterocycles. The molecule has 16 heavy (non-hydrogen) atoms. The molecule has 0 saturated carbocycles. The van der Waals surface area contributed by atoms with Crippen LogP contribution in [-0.2, 0) is 13.1 Å². The third kappa shape index (κ3) is 2.67. The monoisotopic (exact) mass is 222 g/mol. The molecule has 0 aliphatic rings. The van der Waals surface area contributed by atoms with Crippen LogP contribution in [0.4, 0.5) is 8.78 Å². The molecule has 2 aromatic rings. The number of hydrogen-bond acceptors (Lipinski definition) is 1. The maximum absolute atomic E-state index is 12.9. The average molecular weight is 222 g/mol. The number of benzene rings is 1. The van der Waals surface area contributed by atoms with Crippen molar-refractivity contribution in [2.24, 2.45) is 0 Å². The van der Waals surface area contributed by atoms with Crippen LogP contribution < -0.4 is 5.32 Å². The zero-order chi connectivity index (χ0) is 11.4. The van der Waals surface area contributed by atoms with Crippen LogP contribution in [0, 0.1) is 11.6 Å². The number of nitrogens with one attached hydrogen (secondary N) is 2. The first-order chi connectivity index (χ1) is 7.75. The predicted molar refractivity (Wildman–Crippen MR) is 57.7 cm³/mol. The highest BCUT2D eigenvalue weighted by atomic mass is 19.2. The molecule has 0 amide bonds. The summed E-state index contributed by atoms with van der Waals surface area (Å²) in [6, 6.07) is 7.78. The van der Waals surface area contributed by atoms with Crippen LogP contribution in [0.2, 0.25) is 0 Å². The van der Waals surface area contributed by atoms with Gasteiger partial charge in [0, 0.05) is 25.0 Å². The normalized spacial score (nSPS) is 10.6. The molecule has 2 N–H and O–H groups in total. The molecule has 0 saturated heterocycles. The van der Waals surface area contributed by atoms with E-state index in [0.717, 1.165) is 17.3 Å². The van der Waals surface area contributed by atoms with Gasteiger partial charge in [-0.25, -0.2) is 8.78 Å². The number of halogens is 2. The fourth-order valence-electron chi connectivity index (χ4n) is 1.47. The van der Waals surface area contributed by atoms with Gasteiger partial charge in [-0.1, -0.05) is 6.07 Å². The van der Waals surface area contributed by atoms with Crippen molar-refractivity contribution in [1.82, 2.24) is 10.3 Å². The first-order valence-electron chi connectivity index (χ1n) is 5.02. The van der Waals surface area contributed by atoms with Crippen LogP contribution in [0.3, 0.4) is 0 Å². The smallest absolute Gasteiger partial charge is 0.159 e. The number of aromatic nitrogens is 1. The zero-order valence-corrected chi connectivity index (χ0v) is 8.63.